The molecule has 0 saturated carbocycles. The Morgan fingerprint density at radius 2 is 1.85 bits per heavy atom. The van der Waals surface area contributed by atoms with Crippen LogP contribution in [0, 0.1) is 0 Å². The van der Waals surface area contributed by atoms with Crippen molar-refractivity contribution in [1.82, 2.24) is 5.32 Å². The van der Waals surface area contributed by atoms with Crippen molar-refractivity contribution in [2.75, 3.05) is 44.0 Å². The lowest BCUT2D eigenvalue weighted by molar-refractivity contribution is -0.151. The van der Waals surface area contributed by atoms with Crippen LogP contribution in [0.5, 0.6) is 0 Å². The number of anilines is 2. The maximum absolute atomic E-state index is 13.2. The molecule has 0 bridgehead atoms. The van der Waals surface area contributed by atoms with Crippen LogP contribution in [-0.2, 0) is 23.8 Å². The van der Waals surface area contributed by atoms with Gasteiger partial charge in [-0.15, -0.1) is 0 Å². The van der Waals surface area contributed by atoms with Crippen molar-refractivity contribution in [3.63, 3.8) is 0 Å². The fourth-order valence-corrected chi connectivity index (χ4v) is 4.41. The molecule has 4 rings (SSSR count). The average molecular weight is 566 g/mol. The number of amides is 2. The molecule has 1 aromatic heterocycles. The molecule has 3 aromatic rings. The van der Waals surface area contributed by atoms with Gasteiger partial charge in [-0.05, 0) is 43.2 Å². The van der Waals surface area contributed by atoms with Crippen LogP contribution in [0.4, 0.5) is 11.4 Å². The van der Waals surface area contributed by atoms with E-state index in [1.165, 1.54) is 6.26 Å². The molecule has 0 spiro atoms. The van der Waals surface area contributed by atoms with Crippen LogP contribution in [0.3, 0.4) is 0 Å². The van der Waals surface area contributed by atoms with E-state index >= 15 is 0 Å². The van der Waals surface area contributed by atoms with E-state index in [0.717, 1.165) is 0 Å². The molecule has 11 heteroatoms. The van der Waals surface area contributed by atoms with E-state index in [0.29, 0.717) is 53.7 Å². The largest absolute Gasteiger partial charge is 0.464 e. The van der Waals surface area contributed by atoms with Gasteiger partial charge in [0.2, 0.25) is 12.2 Å². The molecule has 2 atom stereocenters. The number of nitrogens with two attached hydrogens (primary N) is 1. The van der Waals surface area contributed by atoms with Gasteiger partial charge in [0.15, 0.2) is 11.2 Å². The summed E-state index contributed by atoms with van der Waals surface area (Å²) in [5, 5.41) is 14.9. The number of para-hydroxylation sites is 3. The number of carbonyl (C=O) groups excluding carboxylic acids is 2. The summed E-state index contributed by atoms with van der Waals surface area (Å²) in [7, 11) is 0. The quantitative estimate of drug-likeness (QED) is 0.170. The van der Waals surface area contributed by atoms with Crippen molar-refractivity contribution >= 4 is 34.2 Å². The summed E-state index contributed by atoms with van der Waals surface area (Å²) in [5.41, 5.74) is 7.61. The number of hydrogen-bond donors (Lipinski definition) is 4. The number of aliphatic hydroxyl groups is 1. The van der Waals surface area contributed by atoms with Gasteiger partial charge in [-0.1, -0.05) is 24.3 Å². The van der Waals surface area contributed by atoms with Gasteiger partial charge in [0, 0.05) is 30.9 Å². The Morgan fingerprint density at radius 3 is 2.68 bits per heavy atom. The van der Waals surface area contributed by atoms with E-state index in [2.05, 4.69) is 10.6 Å². The Bertz CT molecular complexity index is 1420. The minimum atomic E-state index is -0.802. The van der Waals surface area contributed by atoms with Gasteiger partial charge in [-0.25, -0.2) is 0 Å². The second-order valence-corrected chi connectivity index (χ2v) is 9.49. The topological polar surface area (TPSA) is 162 Å². The number of aliphatic hydroxyl groups excluding tert-OH is 1. The number of rotatable bonds is 14. The molecule has 5 N–H and O–H groups in total. The lowest BCUT2D eigenvalue weighted by atomic mass is 9.93. The number of unbranched alkanes of at least 4 members (excludes halogenated alkanes) is 1. The maximum Gasteiger partial charge on any atom is 0.286 e. The fraction of sp³-hybridized carbons (Fsp3) is 0.367. The van der Waals surface area contributed by atoms with Gasteiger partial charge in [0.25, 0.3) is 5.91 Å². The Morgan fingerprint density at radius 1 is 1.05 bits per heavy atom. The molecular weight excluding hydrogens is 530 g/mol. The molecule has 0 fully saturated rings. The van der Waals surface area contributed by atoms with Crippen LogP contribution in [0.1, 0.15) is 37.2 Å². The second-order valence-electron chi connectivity index (χ2n) is 9.49. The molecule has 2 amide bonds. The summed E-state index contributed by atoms with van der Waals surface area (Å²) in [5.74, 6) is -1.06. The van der Waals surface area contributed by atoms with Crippen LogP contribution in [0.15, 0.2) is 75.8 Å². The summed E-state index contributed by atoms with van der Waals surface area (Å²) in [6, 6.07) is 14.0. The van der Waals surface area contributed by atoms with Crippen LogP contribution in [0.25, 0.3) is 11.0 Å². The molecule has 2 heterocycles. The minimum absolute atomic E-state index is 0.0346. The van der Waals surface area contributed by atoms with E-state index in [1.54, 1.807) is 54.6 Å². The number of nitrogens with one attached hydrogen (secondary N) is 2. The van der Waals surface area contributed by atoms with E-state index in [1.807, 2.05) is 0 Å². The van der Waals surface area contributed by atoms with Gasteiger partial charge in [0.05, 0.1) is 49.5 Å². The van der Waals surface area contributed by atoms with Gasteiger partial charge >= 0.3 is 0 Å². The first kappa shape index (κ1) is 29.8. The zero-order chi connectivity index (χ0) is 29.0. The number of allylic oxidation sites excluding steroid dienone is 1. The maximum atomic E-state index is 13.2. The van der Waals surface area contributed by atoms with E-state index in [-0.39, 0.29) is 49.9 Å². The Hall–Kier alpha value is -4.19. The highest BCUT2D eigenvalue weighted by Crippen LogP contribution is 2.31. The summed E-state index contributed by atoms with van der Waals surface area (Å²) >= 11 is 0. The first-order valence-corrected chi connectivity index (χ1v) is 13.6. The summed E-state index contributed by atoms with van der Waals surface area (Å²) in [4.78, 5) is 38.4. The van der Waals surface area contributed by atoms with Gasteiger partial charge in [-0.2, -0.15) is 0 Å². The zero-order valence-electron chi connectivity index (χ0n) is 22.7. The Labute approximate surface area is 237 Å². The van der Waals surface area contributed by atoms with Crippen LogP contribution >= 0.6 is 0 Å². The van der Waals surface area contributed by atoms with E-state index in [4.69, 9.17) is 29.5 Å². The lowest BCUT2D eigenvalue weighted by Crippen LogP contribution is -2.34. The lowest BCUT2D eigenvalue weighted by Gasteiger charge is -2.29. The molecule has 1 aliphatic heterocycles. The molecule has 1 aliphatic rings. The normalized spacial score (nSPS) is 16.6. The number of ether oxygens (including phenoxy) is 3. The van der Waals surface area contributed by atoms with Crippen LogP contribution in [-0.4, -0.2) is 56.2 Å². The Kier molecular flexibility index (Phi) is 10.9. The third kappa shape index (κ3) is 8.40. The first-order valence-electron chi connectivity index (χ1n) is 13.6. The highest BCUT2D eigenvalue weighted by Gasteiger charge is 2.30. The molecule has 2 aromatic carbocycles. The number of fused-ring (bicyclic) bond motifs is 1. The smallest absolute Gasteiger partial charge is 0.286 e. The summed E-state index contributed by atoms with van der Waals surface area (Å²) in [6.45, 7) is 0.822. The van der Waals surface area contributed by atoms with Crippen LogP contribution < -0.4 is 21.8 Å². The molecule has 0 saturated heterocycles. The van der Waals surface area contributed by atoms with E-state index < -0.39 is 18.1 Å². The van der Waals surface area contributed by atoms with Gasteiger partial charge < -0.3 is 40.1 Å². The highest BCUT2D eigenvalue weighted by molar-refractivity contribution is 5.93. The average Bonchev–Trinajstić information content (AvgIpc) is 2.98. The van der Waals surface area contributed by atoms with E-state index in [9.17, 15) is 14.4 Å². The molecule has 0 unspecified atom stereocenters. The van der Waals surface area contributed by atoms with Crippen molar-refractivity contribution in [2.45, 2.75) is 37.9 Å². The van der Waals surface area contributed by atoms with Crippen molar-refractivity contribution in [1.29, 1.82) is 0 Å². The molecular formula is C30H35N3O8. The molecule has 0 radical (unpaired) electrons. The van der Waals surface area contributed by atoms with Gasteiger partial charge in [0.1, 0.15) is 5.58 Å². The fourth-order valence-electron chi connectivity index (χ4n) is 4.41. The van der Waals surface area contributed by atoms with Gasteiger partial charge in [-0.3, -0.25) is 14.4 Å². The SMILES string of the molecule is Nc1ccccc1NC(=O)CCCCNC(=O)C1=C[C@@H](c2coc3ccccc3c2=O)C[C@@H](OCCOCCO)O1. The van der Waals surface area contributed by atoms with Crippen molar-refractivity contribution in [2.24, 2.45) is 0 Å². The number of hydrogen-bond acceptors (Lipinski definition) is 9. The molecule has 11 nitrogen and oxygen atoms in total. The molecule has 0 aliphatic carbocycles. The third-order valence-corrected chi connectivity index (χ3v) is 6.51. The predicted molar refractivity (Wildman–Crippen MR) is 153 cm³/mol. The summed E-state index contributed by atoms with van der Waals surface area (Å²) < 4.78 is 22.5. The first-order chi connectivity index (χ1) is 20.0. The van der Waals surface area contributed by atoms with Crippen molar-refractivity contribution < 1.29 is 33.3 Å². The van der Waals surface area contributed by atoms with Crippen molar-refractivity contribution in [3.05, 3.63) is 82.4 Å². The third-order valence-electron chi connectivity index (χ3n) is 6.51. The molecule has 218 valence electrons. The van der Waals surface area contributed by atoms with Crippen molar-refractivity contribution in [3.8, 4) is 0 Å². The van der Waals surface area contributed by atoms with Crippen LogP contribution in [0.2, 0.25) is 0 Å². The zero-order valence-corrected chi connectivity index (χ0v) is 22.7. The number of carbonyl (C=O) groups is 2. The summed E-state index contributed by atoms with van der Waals surface area (Å²) in [6.07, 6.45) is 3.91. The monoisotopic (exact) mass is 565 g/mol. The minimum Gasteiger partial charge on any atom is -0.464 e. The predicted octanol–water partition coefficient (Wildman–Crippen LogP) is 3.04. The Balaban J connectivity index is 1.35. The second kappa shape index (κ2) is 15.0. The number of nitrogen functional groups attached to an aromatic ring is 1. The molecule has 41 heavy (non-hydrogen) atoms. The number of benzene rings is 2. The highest BCUT2D eigenvalue weighted by atomic mass is 16.7. The standard InChI is InChI=1S/C30H35N3O8/c31-23-8-2-3-9-24(23)33-27(35)11-5-6-12-32-30(37)26-17-20(18-28(41-26)39-16-15-38-14-13-34)22-19-40-25-10-4-1-7-21(25)29(22)36/h1-4,7-10,17,19-20,28,34H,5-6,11-16,18,31H2,(H,32,37)(H,33,35)/t20-,28+/m1/s1.